The van der Waals surface area contributed by atoms with Gasteiger partial charge in [0.15, 0.2) is 17.6 Å². The van der Waals surface area contributed by atoms with Gasteiger partial charge in [-0.05, 0) is 35.7 Å². The van der Waals surface area contributed by atoms with Gasteiger partial charge >= 0.3 is 0 Å². The summed E-state index contributed by atoms with van der Waals surface area (Å²) in [6, 6.07) is 13.3. The average molecular weight is 366 g/mol. The summed E-state index contributed by atoms with van der Waals surface area (Å²) >= 11 is 1.62. The van der Waals surface area contributed by atoms with E-state index in [9.17, 15) is 4.79 Å². The van der Waals surface area contributed by atoms with Gasteiger partial charge in [-0.25, -0.2) is 0 Å². The molecule has 0 bridgehead atoms. The van der Waals surface area contributed by atoms with Gasteiger partial charge < -0.3 is 14.4 Å². The number of hydrogen-bond acceptors (Lipinski definition) is 5. The van der Waals surface area contributed by atoms with Gasteiger partial charge in [-0.15, -0.1) is 0 Å². The Morgan fingerprint density at radius 3 is 2.81 bits per heavy atom. The number of hydrogen-bond donors (Lipinski definition) is 0. The Hall–Kier alpha value is -2.86. The lowest BCUT2D eigenvalue weighted by molar-refractivity contribution is 0.0520. The Bertz CT molecular complexity index is 894. The molecule has 1 amide bonds. The Balaban J connectivity index is 1.40. The van der Waals surface area contributed by atoms with Crippen LogP contribution in [-0.4, -0.2) is 42.1 Å². The Labute approximate surface area is 155 Å². The van der Waals surface area contributed by atoms with Gasteiger partial charge in [0.2, 0.25) is 0 Å². The van der Waals surface area contributed by atoms with E-state index < -0.39 is 0 Å². The third-order valence-corrected chi connectivity index (χ3v) is 4.90. The highest BCUT2D eigenvalue weighted by Crippen LogP contribution is 2.31. The molecule has 1 aliphatic rings. The quantitative estimate of drug-likeness (QED) is 0.706. The number of rotatable bonds is 4. The summed E-state index contributed by atoms with van der Waals surface area (Å²) in [7, 11) is 1.76. The Kier molecular flexibility index (Phi) is 4.58. The Morgan fingerprint density at radius 2 is 2.08 bits per heavy atom. The van der Waals surface area contributed by atoms with E-state index in [4.69, 9.17) is 9.47 Å². The summed E-state index contributed by atoms with van der Waals surface area (Å²) in [4.78, 5) is 18.7. The number of likely N-dealkylation sites (N-methyl/N-ethyl adjacent to an activating group) is 1. The maximum atomic E-state index is 12.7. The van der Waals surface area contributed by atoms with E-state index >= 15 is 0 Å². The van der Waals surface area contributed by atoms with Crippen molar-refractivity contribution in [2.24, 2.45) is 0 Å². The first kappa shape index (κ1) is 16.6. The normalized spacial score (nSPS) is 15.5. The molecule has 0 saturated carbocycles. The number of ether oxygens (including phenoxy) is 2. The van der Waals surface area contributed by atoms with E-state index in [2.05, 4.69) is 4.98 Å². The molecule has 0 aliphatic carbocycles. The first-order chi connectivity index (χ1) is 12.7. The molecule has 0 N–H and O–H groups in total. The van der Waals surface area contributed by atoms with Crippen molar-refractivity contribution in [3.63, 3.8) is 0 Å². The van der Waals surface area contributed by atoms with Crippen LogP contribution in [0.3, 0.4) is 0 Å². The van der Waals surface area contributed by atoms with Gasteiger partial charge in [-0.1, -0.05) is 12.1 Å². The number of carbonyl (C=O) groups is 1. The summed E-state index contributed by atoms with van der Waals surface area (Å²) in [6.45, 7) is 0.865. The molecule has 4 rings (SSSR count). The van der Waals surface area contributed by atoms with E-state index in [1.54, 1.807) is 29.5 Å². The van der Waals surface area contributed by atoms with Crippen molar-refractivity contribution in [2.45, 2.75) is 6.10 Å². The summed E-state index contributed by atoms with van der Waals surface area (Å²) in [5.41, 5.74) is 2.49. The zero-order valence-corrected chi connectivity index (χ0v) is 15.1. The van der Waals surface area contributed by atoms with Crippen LogP contribution in [0.5, 0.6) is 11.5 Å². The van der Waals surface area contributed by atoms with E-state index in [0.717, 1.165) is 17.0 Å². The molecule has 26 heavy (non-hydrogen) atoms. The van der Waals surface area contributed by atoms with Gasteiger partial charge in [0.05, 0.1) is 17.8 Å². The number of para-hydroxylation sites is 2. The molecule has 132 valence electrons. The fourth-order valence-electron chi connectivity index (χ4n) is 2.86. The second kappa shape index (κ2) is 7.17. The molecule has 0 spiro atoms. The highest BCUT2D eigenvalue weighted by molar-refractivity contribution is 7.08. The number of fused-ring (bicyclic) bond motifs is 1. The van der Waals surface area contributed by atoms with Crippen molar-refractivity contribution < 1.29 is 14.3 Å². The first-order valence-electron chi connectivity index (χ1n) is 8.33. The summed E-state index contributed by atoms with van der Waals surface area (Å²) in [5.74, 6) is 1.37. The van der Waals surface area contributed by atoms with E-state index in [1.165, 1.54) is 0 Å². The molecule has 0 fully saturated rings. The van der Waals surface area contributed by atoms with E-state index in [1.807, 2.05) is 53.2 Å². The molecule has 1 aliphatic heterocycles. The van der Waals surface area contributed by atoms with Crippen LogP contribution in [-0.2, 0) is 0 Å². The molecule has 0 radical (unpaired) electrons. The monoisotopic (exact) mass is 366 g/mol. The number of aromatic nitrogens is 1. The molecule has 6 heteroatoms. The van der Waals surface area contributed by atoms with Gasteiger partial charge in [-0.3, -0.25) is 9.78 Å². The molecule has 5 nitrogen and oxygen atoms in total. The van der Waals surface area contributed by atoms with Crippen LogP contribution in [0.15, 0.2) is 59.4 Å². The minimum Gasteiger partial charge on any atom is -0.486 e. The molecular weight excluding hydrogens is 348 g/mol. The van der Waals surface area contributed by atoms with Crippen LogP contribution in [0.1, 0.15) is 10.4 Å². The van der Waals surface area contributed by atoms with Crippen LogP contribution in [0.2, 0.25) is 0 Å². The molecule has 0 saturated heterocycles. The van der Waals surface area contributed by atoms with Gasteiger partial charge in [0, 0.05) is 24.2 Å². The zero-order valence-electron chi connectivity index (χ0n) is 14.3. The predicted octanol–water partition coefficient (Wildman–Crippen LogP) is 3.72. The van der Waals surface area contributed by atoms with Gasteiger partial charge in [-0.2, -0.15) is 11.3 Å². The lowest BCUT2D eigenvalue weighted by atomic mass is 10.1. The van der Waals surface area contributed by atoms with Crippen molar-refractivity contribution in [3.8, 4) is 22.8 Å². The molecule has 1 aromatic carbocycles. The second-order valence-corrected chi connectivity index (χ2v) is 6.91. The summed E-state index contributed by atoms with van der Waals surface area (Å²) < 4.78 is 11.6. The molecule has 1 atom stereocenters. The van der Waals surface area contributed by atoms with Crippen LogP contribution < -0.4 is 9.47 Å². The SMILES string of the molecule is CN(C[C@@H]1COc2ccccc2O1)C(=O)c1ccc(-c2ccsc2)nc1. The fourth-order valence-corrected chi connectivity index (χ4v) is 3.51. The smallest absolute Gasteiger partial charge is 0.255 e. The van der Waals surface area contributed by atoms with Crippen molar-refractivity contribution in [1.82, 2.24) is 9.88 Å². The van der Waals surface area contributed by atoms with Crippen molar-refractivity contribution in [1.29, 1.82) is 0 Å². The predicted molar refractivity (Wildman–Crippen MR) is 101 cm³/mol. The summed E-state index contributed by atoms with van der Waals surface area (Å²) in [5, 5.41) is 4.04. The third kappa shape index (κ3) is 3.41. The average Bonchev–Trinajstić information content (AvgIpc) is 3.22. The number of amides is 1. The molecular formula is C20H18N2O3S. The van der Waals surface area contributed by atoms with Crippen LogP contribution >= 0.6 is 11.3 Å². The van der Waals surface area contributed by atoms with Gasteiger partial charge in [0.25, 0.3) is 5.91 Å². The second-order valence-electron chi connectivity index (χ2n) is 6.13. The van der Waals surface area contributed by atoms with E-state index in [0.29, 0.717) is 24.5 Å². The lowest BCUT2D eigenvalue weighted by Gasteiger charge is -2.29. The minimum atomic E-state index is -0.197. The third-order valence-electron chi connectivity index (χ3n) is 4.22. The number of carbonyl (C=O) groups excluding carboxylic acids is 1. The van der Waals surface area contributed by atoms with E-state index in [-0.39, 0.29) is 12.0 Å². The standard InChI is InChI=1S/C20H18N2O3S/c1-22(11-16-12-24-18-4-2-3-5-19(18)25-16)20(23)14-6-7-17(21-10-14)15-8-9-26-13-15/h2-10,13,16H,11-12H2,1H3/t16-/m1/s1. The number of thiophene rings is 1. The molecule has 0 unspecified atom stereocenters. The van der Waals surface area contributed by atoms with Crippen molar-refractivity contribution >= 4 is 17.2 Å². The fraction of sp³-hybridized carbons (Fsp3) is 0.200. The minimum absolute atomic E-state index is 0.0863. The van der Waals surface area contributed by atoms with Crippen LogP contribution in [0.4, 0.5) is 0 Å². The maximum absolute atomic E-state index is 12.7. The first-order valence-corrected chi connectivity index (χ1v) is 9.27. The van der Waals surface area contributed by atoms with Crippen LogP contribution in [0, 0.1) is 0 Å². The summed E-state index contributed by atoms with van der Waals surface area (Å²) in [6.07, 6.45) is 1.43. The van der Waals surface area contributed by atoms with Crippen LogP contribution in [0.25, 0.3) is 11.3 Å². The maximum Gasteiger partial charge on any atom is 0.255 e. The van der Waals surface area contributed by atoms with Crippen molar-refractivity contribution in [3.05, 3.63) is 65.0 Å². The zero-order chi connectivity index (χ0) is 17.9. The number of nitrogens with zero attached hydrogens (tertiary/aromatic N) is 2. The molecule has 3 heterocycles. The van der Waals surface area contributed by atoms with Crippen molar-refractivity contribution in [2.75, 3.05) is 20.2 Å². The lowest BCUT2D eigenvalue weighted by Crippen LogP contribution is -2.41. The number of benzene rings is 1. The number of pyridine rings is 1. The highest BCUT2D eigenvalue weighted by Gasteiger charge is 2.24. The Morgan fingerprint density at radius 1 is 1.23 bits per heavy atom. The molecule has 3 aromatic rings. The van der Waals surface area contributed by atoms with Gasteiger partial charge in [0.1, 0.15) is 6.61 Å². The molecule has 2 aromatic heterocycles. The largest absolute Gasteiger partial charge is 0.486 e. The topological polar surface area (TPSA) is 51.7 Å². The highest BCUT2D eigenvalue weighted by atomic mass is 32.1.